The van der Waals surface area contributed by atoms with E-state index in [9.17, 15) is 4.79 Å². The summed E-state index contributed by atoms with van der Waals surface area (Å²) < 4.78 is 0.917. The highest BCUT2D eigenvalue weighted by atomic mass is 79.9. The van der Waals surface area contributed by atoms with Crippen LogP contribution in [-0.4, -0.2) is 9.97 Å². The fourth-order valence-corrected chi connectivity index (χ4v) is 3.74. The summed E-state index contributed by atoms with van der Waals surface area (Å²) in [7, 11) is 0. The second-order valence-electron chi connectivity index (χ2n) is 8.12. The van der Waals surface area contributed by atoms with Crippen molar-refractivity contribution in [3.05, 3.63) is 74.6 Å². The van der Waals surface area contributed by atoms with Gasteiger partial charge in [0.1, 0.15) is 5.82 Å². The molecule has 0 aliphatic rings. The molecule has 0 atom stereocenters. The van der Waals surface area contributed by atoms with Gasteiger partial charge in [0.05, 0.1) is 10.9 Å². The van der Waals surface area contributed by atoms with Crippen molar-refractivity contribution in [2.45, 2.75) is 33.1 Å². The van der Waals surface area contributed by atoms with E-state index in [1.165, 1.54) is 5.56 Å². The molecular formula is C23H22BrN3O. The Labute approximate surface area is 172 Å². The van der Waals surface area contributed by atoms with E-state index < -0.39 is 0 Å². The molecule has 2 aromatic carbocycles. The number of aromatic amines is 1. The highest BCUT2D eigenvalue weighted by molar-refractivity contribution is 9.10. The fourth-order valence-electron chi connectivity index (χ4n) is 3.38. The molecule has 28 heavy (non-hydrogen) atoms. The molecule has 2 N–H and O–H groups in total. The summed E-state index contributed by atoms with van der Waals surface area (Å²) in [6.45, 7) is 8.66. The number of pyridine rings is 2. The standard InChI is InChI=1S/C23H22BrN3O/c1-13-5-6-14(23(2,3)4)11-19(13)27-21-16-9-10-25-22(28)20(16)17-12-15(24)7-8-18(17)26-21/h5-12H,1-4H3,(H,25,28)(H,26,27). The van der Waals surface area contributed by atoms with Crippen molar-refractivity contribution in [1.82, 2.24) is 9.97 Å². The summed E-state index contributed by atoms with van der Waals surface area (Å²) in [5, 5.41) is 5.76. The van der Waals surface area contributed by atoms with Crippen LogP contribution in [0.5, 0.6) is 0 Å². The summed E-state index contributed by atoms with van der Waals surface area (Å²) in [6.07, 6.45) is 1.67. The zero-order chi connectivity index (χ0) is 20.1. The number of hydrogen-bond donors (Lipinski definition) is 2. The van der Waals surface area contributed by atoms with Gasteiger partial charge in [-0.15, -0.1) is 0 Å². The predicted molar refractivity (Wildman–Crippen MR) is 121 cm³/mol. The molecule has 0 saturated carbocycles. The first-order valence-electron chi connectivity index (χ1n) is 9.23. The maximum atomic E-state index is 12.6. The molecule has 0 amide bonds. The van der Waals surface area contributed by atoms with Crippen LogP contribution in [0.25, 0.3) is 21.7 Å². The smallest absolute Gasteiger partial charge is 0.256 e. The van der Waals surface area contributed by atoms with Gasteiger partial charge in [-0.1, -0.05) is 48.8 Å². The van der Waals surface area contributed by atoms with Crippen molar-refractivity contribution in [3.8, 4) is 0 Å². The molecule has 4 aromatic rings. The molecule has 0 bridgehead atoms. The van der Waals surface area contributed by atoms with Gasteiger partial charge >= 0.3 is 0 Å². The van der Waals surface area contributed by atoms with Crippen LogP contribution in [0.4, 0.5) is 11.5 Å². The zero-order valence-electron chi connectivity index (χ0n) is 16.4. The number of nitrogens with zero attached hydrogens (tertiary/aromatic N) is 1. The molecule has 0 saturated heterocycles. The molecule has 0 radical (unpaired) electrons. The van der Waals surface area contributed by atoms with Crippen LogP contribution in [0.1, 0.15) is 31.9 Å². The van der Waals surface area contributed by atoms with Crippen molar-refractivity contribution in [1.29, 1.82) is 0 Å². The minimum atomic E-state index is -0.119. The number of aromatic nitrogens is 2. The summed E-state index contributed by atoms with van der Waals surface area (Å²) in [4.78, 5) is 20.3. The number of fused-ring (bicyclic) bond motifs is 3. The number of anilines is 2. The average molecular weight is 436 g/mol. The zero-order valence-corrected chi connectivity index (χ0v) is 17.9. The van der Waals surface area contributed by atoms with Gasteiger partial charge in [-0.05, 0) is 53.8 Å². The summed E-state index contributed by atoms with van der Waals surface area (Å²) in [5.74, 6) is 0.685. The lowest BCUT2D eigenvalue weighted by Gasteiger charge is -2.21. The fraction of sp³-hybridized carbons (Fsp3) is 0.217. The monoisotopic (exact) mass is 435 g/mol. The Bertz CT molecular complexity index is 1270. The molecule has 2 aromatic heterocycles. The van der Waals surface area contributed by atoms with Gasteiger partial charge in [0.15, 0.2) is 0 Å². The van der Waals surface area contributed by atoms with E-state index in [0.29, 0.717) is 11.2 Å². The van der Waals surface area contributed by atoms with Crippen LogP contribution in [0.15, 0.2) is 57.9 Å². The summed E-state index contributed by atoms with van der Waals surface area (Å²) in [6, 6.07) is 14.2. The highest BCUT2D eigenvalue weighted by Gasteiger charge is 2.16. The van der Waals surface area contributed by atoms with Crippen molar-refractivity contribution in [3.63, 3.8) is 0 Å². The predicted octanol–water partition coefficient (Wildman–Crippen LogP) is 6.19. The number of rotatable bonds is 2. The van der Waals surface area contributed by atoms with Crippen LogP contribution in [0, 0.1) is 6.92 Å². The Morgan fingerprint density at radius 3 is 2.57 bits per heavy atom. The number of aryl methyl sites for hydroxylation is 1. The van der Waals surface area contributed by atoms with Crippen LogP contribution < -0.4 is 10.9 Å². The maximum absolute atomic E-state index is 12.6. The molecule has 4 rings (SSSR count). The first kappa shape index (κ1) is 18.7. The Balaban J connectivity index is 1.96. The summed E-state index contributed by atoms with van der Waals surface area (Å²) in [5.41, 5.74) is 4.08. The molecule has 0 aliphatic heterocycles. The number of benzene rings is 2. The second kappa shape index (κ2) is 6.74. The molecule has 0 fully saturated rings. The van der Waals surface area contributed by atoms with Gasteiger partial charge in [-0.2, -0.15) is 0 Å². The third kappa shape index (κ3) is 3.31. The third-order valence-electron chi connectivity index (χ3n) is 5.03. The quantitative estimate of drug-likeness (QED) is 0.369. The number of hydrogen-bond acceptors (Lipinski definition) is 3. The lowest BCUT2D eigenvalue weighted by molar-refractivity contribution is 0.590. The van der Waals surface area contributed by atoms with Crippen molar-refractivity contribution in [2.75, 3.05) is 5.32 Å². The van der Waals surface area contributed by atoms with E-state index >= 15 is 0 Å². The van der Waals surface area contributed by atoms with E-state index in [1.807, 2.05) is 24.3 Å². The van der Waals surface area contributed by atoms with Crippen LogP contribution >= 0.6 is 15.9 Å². The number of halogens is 1. The first-order valence-corrected chi connectivity index (χ1v) is 10.0. The van der Waals surface area contributed by atoms with Gasteiger partial charge in [-0.25, -0.2) is 4.98 Å². The lowest BCUT2D eigenvalue weighted by atomic mass is 9.86. The van der Waals surface area contributed by atoms with Gasteiger partial charge in [0.2, 0.25) is 0 Å². The second-order valence-corrected chi connectivity index (χ2v) is 9.04. The number of H-pyrrole nitrogens is 1. The van der Waals surface area contributed by atoms with Crippen molar-refractivity contribution >= 4 is 49.1 Å². The molecule has 0 spiro atoms. The molecule has 4 nitrogen and oxygen atoms in total. The van der Waals surface area contributed by atoms with Gasteiger partial charge in [0, 0.05) is 27.1 Å². The molecule has 2 heterocycles. The minimum absolute atomic E-state index is 0.0481. The van der Waals surface area contributed by atoms with E-state index in [4.69, 9.17) is 4.98 Å². The van der Waals surface area contributed by atoms with Crippen LogP contribution in [0.2, 0.25) is 0 Å². The molecule has 5 heteroatoms. The number of nitrogens with one attached hydrogen (secondary N) is 2. The van der Waals surface area contributed by atoms with E-state index in [-0.39, 0.29) is 11.0 Å². The topological polar surface area (TPSA) is 57.8 Å². The van der Waals surface area contributed by atoms with Gasteiger partial charge < -0.3 is 10.3 Å². The Morgan fingerprint density at radius 2 is 1.82 bits per heavy atom. The largest absolute Gasteiger partial charge is 0.339 e. The van der Waals surface area contributed by atoms with Crippen LogP contribution in [-0.2, 0) is 5.41 Å². The van der Waals surface area contributed by atoms with E-state index in [0.717, 1.165) is 32.0 Å². The lowest BCUT2D eigenvalue weighted by Crippen LogP contribution is -2.12. The van der Waals surface area contributed by atoms with Crippen molar-refractivity contribution < 1.29 is 0 Å². The highest BCUT2D eigenvalue weighted by Crippen LogP contribution is 2.33. The normalized spacial score (nSPS) is 11.9. The average Bonchev–Trinajstić information content (AvgIpc) is 2.63. The van der Waals surface area contributed by atoms with Gasteiger partial charge in [0.25, 0.3) is 5.56 Å². The summed E-state index contributed by atoms with van der Waals surface area (Å²) >= 11 is 3.50. The van der Waals surface area contributed by atoms with Crippen molar-refractivity contribution in [2.24, 2.45) is 0 Å². The molecule has 0 unspecified atom stereocenters. The SMILES string of the molecule is Cc1ccc(C(C)(C)C)cc1Nc1nc2ccc(Br)cc2c2c(=O)[nH]ccc12. The maximum Gasteiger partial charge on any atom is 0.256 e. The third-order valence-corrected chi connectivity index (χ3v) is 5.53. The van der Waals surface area contributed by atoms with E-state index in [2.05, 4.69) is 72.1 Å². The van der Waals surface area contributed by atoms with E-state index in [1.54, 1.807) is 6.20 Å². The Morgan fingerprint density at radius 1 is 1.04 bits per heavy atom. The molecular weight excluding hydrogens is 414 g/mol. The Hall–Kier alpha value is -2.66. The van der Waals surface area contributed by atoms with Gasteiger partial charge in [-0.3, -0.25) is 4.79 Å². The molecule has 0 aliphatic carbocycles. The molecule has 142 valence electrons. The minimum Gasteiger partial charge on any atom is -0.339 e. The first-order chi connectivity index (χ1) is 13.2. The Kier molecular flexibility index (Phi) is 4.50. The van der Waals surface area contributed by atoms with Crippen LogP contribution in [0.3, 0.4) is 0 Å².